The van der Waals surface area contributed by atoms with Crippen LogP contribution in [0.4, 0.5) is 5.95 Å². The number of piperidine rings is 1. The Kier molecular flexibility index (Phi) is 4.53. The Bertz CT molecular complexity index is 572. The Balaban J connectivity index is 1.75. The molecule has 2 aliphatic heterocycles. The maximum atomic E-state index is 13.0. The molecule has 1 unspecified atom stereocenters. The molecule has 3 rings (SSSR count). The second-order valence-electron chi connectivity index (χ2n) is 6.79. The number of likely N-dealkylation sites (tertiary alicyclic amines) is 1. The summed E-state index contributed by atoms with van der Waals surface area (Å²) >= 11 is 0. The molecule has 0 N–H and O–H groups in total. The number of carbonyl (C=O) groups excluding carboxylic acids is 1. The highest BCUT2D eigenvalue weighted by molar-refractivity contribution is 5.85. The molecule has 6 nitrogen and oxygen atoms in total. The molecule has 0 bridgehead atoms. The van der Waals surface area contributed by atoms with Gasteiger partial charge in [-0.05, 0) is 39.2 Å². The van der Waals surface area contributed by atoms with Crippen LogP contribution in [-0.4, -0.2) is 60.7 Å². The number of carbonyl (C=O) groups is 1. The zero-order valence-corrected chi connectivity index (χ0v) is 14.3. The molecule has 6 heteroatoms. The summed E-state index contributed by atoms with van der Waals surface area (Å²) in [6, 6.07) is 1.98. The maximum absolute atomic E-state index is 13.0. The summed E-state index contributed by atoms with van der Waals surface area (Å²) in [6.07, 6.45) is 2.93. The van der Waals surface area contributed by atoms with Crippen LogP contribution in [0.5, 0.6) is 0 Å². The van der Waals surface area contributed by atoms with E-state index >= 15 is 0 Å². The van der Waals surface area contributed by atoms with Crippen molar-refractivity contribution < 1.29 is 9.53 Å². The zero-order chi connectivity index (χ0) is 16.4. The van der Waals surface area contributed by atoms with E-state index in [4.69, 9.17) is 4.74 Å². The number of nitrogens with zero attached hydrogens (tertiary/aromatic N) is 4. The van der Waals surface area contributed by atoms with Gasteiger partial charge in [-0.25, -0.2) is 9.97 Å². The number of hydrogen-bond acceptors (Lipinski definition) is 5. The van der Waals surface area contributed by atoms with Gasteiger partial charge in [-0.2, -0.15) is 0 Å². The number of aryl methyl sites for hydroxylation is 2. The van der Waals surface area contributed by atoms with Crippen LogP contribution in [0, 0.1) is 19.3 Å². The van der Waals surface area contributed by atoms with Gasteiger partial charge in [0.05, 0.1) is 12.0 Å². The molecule has 1 aromatic heterocycles. The maximum Gasteiger partial charge on any atom is 0.230 e. The van der Waals surface area contributed by atoms with Gasteiger partial charge in [0.1, 0.15) is 0 Å². The Labute approximate surface area is 137 Å². The van der Waals surface area contributed by atoms with Crippen molar-refractivity contribution in [1.29, 1.82) is 0 Å². The second-order valence-corrected chi connectivity index (χ2v) is 6.79. The lowest BCUT2D eigenvalue weighted by atomic mass is 9.78. The van der Waals surface area contributed by atoms with E-state index in [0.29, 0.717) is 13.2 Å². The van der Waals surface area contributed by atoms with Gasteiger partial charge in [-0.1, -0.05) is 0 Å². The van der Waals surface area contributed by atoms with Crippen LogP contribution in [0.25, 0.3) is 0 Å². The summed E-state index contributed by atoms with van der Waals surface area (Å²) in [7, 11) is 1.68. The molecular weight excluding hydrogens is 292 g/mol. The summed E-state index contributed by atoms with van der Waals surface area (Å²) in [6.45, 7) is 7.71. The monoisotopic (exact) mass is 318 g/mol. The van der Waals surface area contributed by atoms with Crippen molar-refractivity contribution in [3.05, 3.63) is 17.5 Å². The molecule has 1 atom stereocenters. The molecule has 0 radical (unpaired) electrons. The van der Waals surface area contributed by atoms with Crippen LogP contribution in [0.2, 0.25) is 0 Å². The van der Waals surface area contributed by atoms with Gasteiger partial charge in [0, 0.05) is 44.7 Å². The van der Waals surface area contributed by atoms with Gasteiger partial charge in [0.15, 0.2) is 0 Å². The number of ether oxygens (including phenoxy) is 1. The highest BCUT2D eigenvalue weighted by atomic mass is 16.5. The smallest absolute Gasteiger partial charge is 0.230 e. The molecular formula is C17H26N4O2. The number of aromatic nitrogens is 2. The quantitative estimate of drug-likeness (QED) is 0.843. The van der Waals surface area contributed by atoms with E-state index in [0.717, 1.165) is 56.2 Å². The van der Waals surface area contributed by atoms with E-state index < -0.39 is 0 Å². The SMILES string of the molecule is COCCN1CCCC2(CCN(c3nc(C)cc(C)n3)C2)C1=O. The molecule has 2 fully saturated rings. The predicted octanol–water partition coefficient (Wildman–Crippen LogP) is 1.56. The lowest BCUT2D eigenvalue weighted by Crippen LogP contribution is -2.51. The first-order chi connectivity index (χ1) is 11.0. The third-order valence-corrected chi connectivity index (χ3v) is 5.00. The van der Waals surface area contributed by atoms with Gasteiger partial charge in [0.25, 0.3) is 0 Å². The second kappa shape index (κ2) is 6.43. The number of amides is 1. The summed E-state index contributed by atoms with van der Waals surface area (Å²) in [5.74, 6) is 1.05. The topological polar surface area (TPSA) is 58.6 Å². The first kappa shape index (κ1) is 16.2. The molecule has 1 aromatic rings. The molecule has 126 valence electrons. The molecule has 3 heterocycles. The predicted molar refractivity (Wildman–Crippen MR) is 88.5 cm³/mol. The number of methoxy groups -OCH3 is 1. The molecule has 1 amide bonds. The van der Waals surface area contributed by atoms with Crippen molar-refractivity contribution in [2.75, 3.05) is 44.8 Å². The average Bonchev–Trinajstić information content (AvgIpc) is 2.93. The van der Waals surface area contributed by atoms with Gasteiger partial charge in [0.2, 0.25) is 11.9 Å². The first-order valence-electron chi connectivity index (χ1n) is 8.40. The Morgan fingerprint density at radius 2 is 1.96 bits per heavy atom. The van der Waals surface area contributed by atoms with Crippen LogP contribution in [0.3, 0.4) is 0 Å². The largest absolute Gasteiger partial charge is 0.383 e. The summed E-state index contributed by atoms with van der Waals surface area (Å²) in [5.41, 5.74) is 1.70. The Morgan fingerprint density at radius 1 is 1.22 bits per heavy atom. The Hall–Kier alpha value is -1.69. The van der Waals surface area contributed by atoms with Crippen molar-refractivity contribution in [3.8, 4) is 0 Å². The van der Waals surface area contributed by atoms with Gasteiger partial charge < -0.3 is 14.5 Å². The van der Waals surface area contributed by atoms with Crippen LogP contribution >= 0.6 is 0 Å². The van der Waals surface area contributed by atoms with Crippen molar-refractivity contribution in [2.24, 2.45) is 5.41 Å². The van der Waals surface area contributed by atoms with Crippen molar-refractivity contribution in [3.63, 3.8) is 0 Å². The molecule has 23 heavy (non-hydrogen) atoms. The molecule has 2 saturated heterocycles. The fraction of sp³-hybridized carbons (Fsp3) is 0.706. The third-order valence-electron chi connectivity index (χ3n) is 5.00. The minimum absolute atomic E-state index is 0.257. The van der Waals surface area contributed by atoms with E-state index in [1.807, 2.05) is 24.8 Å². The van der Waals surface area contributed by atoms with Crippen LogP contribution < -0.4 is 4.90 Å². The molecule has 0 aromatic carbocycles. The fourth-order valence-corrected chi connectivity index (χ4v) is 3.84. The molecule has 1 spiro atoms. The summed E-state index contributed by atoms with van der Waals surface area (Å²) in [4.78, 5) is 26.2. The highest BCUT2D eigenvalue weighted by Gasteiger charge is 2.48. The lowest BCUT2D eigenvalue weighted by Gasteiger charge is -2.39. The van der Waals surface area contributed by atoms with Gasteiger partial charge in [-0.15, -0.1) is 0 Å². The first-order valence-corrected chi connectivity index (χ1v) is 8.40. The van der Waals surface area contributed by atoms with E-state index in [1.165, 1.54) is 0 Å². The van der Waals surface area contributed by atoms with Gasteiger partial charge in [-0.3, -0.25) is 4.79 Å². The van der Waals surface area contributed by atoms with Crippen LogP contribution in [-0.2, 0) is 9.53 Å². The van der Waals surface area contributed by atoms with Crippen molar-refractivity contribution >= 4 is 11.9 Å². The zero-order valence-electron chi connectivity index (χ0n) is 14.3. The standard InChI is InChI=1S/C17H26N4O2/c1-13-11-14(2)19-16(18-13)21-8-6-17(12-21)5-4-7-20(15(17)22)9-10-23-3/h11H,4-10,12H2,1-3H3. The van der Waals surface area contributed by atoms with Crippen molar-refractivity contribution in [2.45, 2.75) is 33.1 Å². The Morgan fingerprint density at radius 3 is 2.65 bits per heavy atom. The third kappa shape index (κ3) is 3.17. The van der Waals surface area contributed by atoms with E-state index in [2.05, 4.69) is 14.9 Å². The highest BCUT2D eigenvalue weighted by Crippen LogP contribution is 2.40. The number of rotatable bonds is 4. The normalized spacial score (nSPS) is 24.7. The fourth-order valence-electron chi connectivity index (χ4n) is 3.84. The lowest BCUT2D eigenvalue weighted by molar-refractivity contribution is -0.145. The van der Waals surface area contributed by atoms with Gasteiger partial charge >= 0.3 is 0 Å². The summed E-state index contributed by atoms with van der Waals surface area (Å²) in [5, 5.41) is 0. The number of hydrogen-bond donors (Lipinski definition) is 0. The number of anilines is 1. The van der Waals surface area contributed by atoms with E-state index in [9.17, 15) is 4.79 Å². The molecule has 0 saturated carbocycles. The van der Waals surface area contributed by atoms with E-state index in [-0.39, 0.29) is 11.3 Å². The summed E-state index contributed by atoms with van der Waals surface area (Å²) < 4.78 is 5.14. The van der Waals surface area contributed by atoms with Crippen molar-refractivity contribution in [1.82, 2.24) is 14.9 Å². The van der Waals surface area contributed by atoms with Crippen LogP contribution in [0.1, 0.15) is 30.7 Å². The van der Waals surface area contributed by atoms with E-state index in [1.54, 1.807) is 7.11 Å². The minimum Gasteiger partial charge on any atom is -0.383 e. The molecule has 2 aliphatic rings. The average molecular weight is 318 g/mol. The molecule has 0 aliphatic carbocycles. The minimum atomic E-state index is -0.257. The van der Waals surface area contributed by atoms with Crippen LogP contribution in [0.15, 0.2) is 6.07 Å².